The Labute approximate surface area is 182 Å². The Hall–Kier alpha value is -2.03. The van der Waals surface area contributed by atoms with Gasteiger partial charge in [0.05, 0.1) is 4.88 Å². The Morgan fingerprint density at radius 2 is 1.93 bits per heavy atom. The summed E-state index contributed by atoms with van der Waals surface area (Å²) in [5, 5.41) is 6.86. The van der Waals surface area contributed by atoms with Crippen LogP contribution in [0.25, 0.3) is 10.1 Å². The van der Waals surface area contributed by atoms with Gasteiger partial charge >= 0.3 is 0 Å². The number of carbonyl (C=O) groups is 2. The fourth-order valence-corrected chi connectivity index (χ4v) is 4.28. The highest BCUT2D eigenvalue weighted by Crippen LogP contribution is 2.28. The van der Waals surface area contributed by atoms with Gasteiger partial charge in [-0.1, -0.05) is 11.2 Å². The summed E-state index contributed by atoms with van der Waals surface area (Å²) in [5.41, 5.74) is 2.34. The standard InChI is InChI=1S/C21H25N3O2S3/c1-13-8-16(24(4)11-13)19(25)23-15-6-7-17-14(9-15)10-18(28-17)20(26)22-12-21(2,3)29(5)27/h6-11H,12H2,1-5H3,(H,22,26)(H,23,25). The van der Waals surface area contributed by atoms with Crippen LogP contribution >= 0.6 is 11.3 Å². The molecule has 0 saturated heterocycles. The van der Waals surface area contributed by atoms with Crippen LogP contribution in [0.5, 0.6) is 0 Å². The minimum Gasteiger partial charge on any atom is -0.350 e. The number of carbonyl (C=O) groups excluding carboxylic acids is 2. The molecule has 29 heavy (non-hydrogen) atoms. The molecule has 0 spiro atoms. The first kappa shape index (κ1) is 21.7. The van der Waals surface area contributed by atoms with E-state index in [-0.39, 0.29) is 26.0 Å². The minimum atomic E-state index is -0.208. The molecule has 0 aliphatic carbocycles. The minimum absolute atomic E-state index is 0.0930. The van der Waals surface area contributed by atoms with Gasteiger partial charge in [-0.05, 0) is 68.3 Å². The van der Waals surface area contributed by atoms with Crippen molar-refractivity contribution in [3.05, 3.63) is 52.7 Å². The van der Waals surface area contributed by atoms with Gasteiger partial charge in [-0.3, -0.25) is 9.59 Å². The third-order valence-electron chi connectivity index (χ3n) is 4.83. The van der Waals surface area contributed by atoms with E-state index in [1.54, 1.807) is 0 Å². The van der Waals surface area contributed by atoms with Crippen molar-refractivity contribution in [1.29, 1.82) is 0 Å². The van der Waals surface area contributed by atoms with Crippen LogP contribution in [0.3, 0.4) is 0 Å². The van der Waals surface area contributed by atoms with Gasteiger partial charge in [0.15, 0.2) is 0 Å². The first-order chi connectivity index (χ1) is 13.6. The van der Waals surface area contributed by atoms with E-state index in [0.29, 0.717) is 22.8 Å². The number of nitrogens with zero attached hydrogens (tertiary/aromatic N) is 1. The molecule has 1 atom stereocenters. The van der Waals surface area contributed by atoms with Crippen LogP contribution in [0.1, 0.15) is 39.6 Å². The van der Waals surface area contributed by atoms with Crippen LogP contribution in [0.4, 0.5) is 5.69 Å². The molecule has 8 heteroatoms. The van der Waals surface area contributed by atoms with E-state index in [1.807, 2.05) is 61.3 Å². The predicted molar refractivity (Wildman–Crippen MR) is 127 cm³/mol. The van der Waals surface area contributed by atoms with E-state index in [0.717, 1.165) is 15.6 Å². The number of thiophene rings is 1. The van der Waals surface area contributed by atoms with Crippen LogP contribution in [0, 0.1) is 6.92 Å². The zero-order valence-corrected chi connectivity index (χ0v) is 19.6. The molecule has 2 amide bonds. The molecule has 2 heterocycles. The molecule has 1 aromatic carbocycles. The number of aromatic nitrogens is 1. The van der Waals surface area contributed by atoms with Gasteiger partial charge in [-0.15, -0.1) is 20.8 Å². The molecule has 0 saturated carbocycles. The second kappa shape index (κ2) is 8.38. The van der Waals surface area contributed by atoms with Gasteiger partial charge < -0.3 is 15.2 Å². The number of fused-ring (bicyclic) bond motifs is 1. The molecule has 0 radical (unpaired) electrons. The van der Waals surface area contributed by atoms with Crippen molar-refractivity contribution in [3.8, 4) is 0 Å². The lowest BCUT2D eigenvalue weighted by Crippen LogP contribution is -2.40. The summed E-state index contributed by atoms with van der Waals surface area (Å²) in [6.45, 7) is 6.63. The maximum atomic E-state index is 12.6. The van der Waals surface area contributed by atoms with Crippen molar-refractivity contribution in [2.75, 3.05) is 18.1 Å². The van der Waals surface area contributed by atoms with Crippen molar-refractivity contribution in [2.45, 2.75) is 25.5 Å². The van der Waals surface area contributed by atoms with Crippen molar-refractivity contribution in [1.82, 2.24) is 9.88 Å². The van der Waals surface area contributed by atoms with E-state index in [1.165, 1.54) is 11.3 Å². The Kier molecular flexibility index (Phi) is 6.26. The number of anilines is 1. The van der Waals surface area contributed by atoms with Gasteiger partial charge in [-0.25, -0.2) is 0 Å². The van der Waals surface area contributed by atoms with E-state index in [4.69, 9.17) is 11.2 Å². The smallest absolute Gasteiger partial charge is 0.272 e. The number of rotatable bonds is 6. The fraction of sp³-hybridized carbons (Fsp3) is 0.333. The molecule has 0 aliphatic heterocycles. The number of hydrogen-bond donors (Lipinski definition) is 2. The largest absolute Gasteiger partial charge is 0.350 e. The average Bonchev–Trinajstić information content (AvgIpc) is 3.21. The number of amides is 2. The molecule has 2 aromatic heterocycles. The number of nitrogens with one attached hydrogen (secondary N) is 2. The molecule has 5 nitrogen and oxygen atoms in total. The summed E-state index contributed by atoms with van der Waals surface area (Å²) < 4.78 is 2.69. The maximum Gasteiger partial charge on any atom is 0.272 e. The molecule has 3 aromatic rings. The van der Waals surface area contributed by atoms with E-state index in [2.05, 4.69) is 24.5 Å². The summed E-state index contributed by atoms with van der Waals surface area (Å²) in [4.78, 5) is 25.7. The van der Waals surface area contributed by atoms with Crippen molar-refractivity contribution < 1.29 is 9.59 Å². The third-order valence-corrected chi connectivity index (χ3v) is 8.99. The van der Waals surface area contributed by atoms with E-state index < -0.39 is 0 Å². The molecule has 0 bridgehead atoms. The first-order valence-electron chi connectivity index (χ1n) is 9.16. The van der Waals surface area contributed by atoms with Crippen LogP contribution in [-0.2, 0) is 27.7 Å². The lowest BCUT2D eigenvalue weighted by atomic mass is 10.2. The van der Waals surface area contributed by atoms with E-state index >= 15 is 0 Å². The van der Waals surface area contributed by atoms with Crippen LogP contribution < -0.4 is 10.6 Å². The van der Waals surface area contributed by atoms with Gasteiger partial charge in [-0.2, -0.15) is 0 Å². The zero-order valence-electron chi connectivity index (χ0n) is 17.2. The molecule has 0 aliphatic rings. The average molecular weight is 448 g/mol. The maximum absolute atomic E-state index is 12.6. The van der Waals surface area contributed by atoms with Gasteiger partial charge in [0.1, 0.15) is 5.69 Å². The normalized spacial score (nSPS) is 12.7. The molecule has 2 N–H and O–H groups in total. The molecule has 0 fully saturated rings. The Bertz CT molecular complexity index is 1110. The Balaban J connectivity index is 1.74. The van der Waals surface area contributed by atoms with E-state index in [9.17, 15) is 9.59 Å². The molecule has 154 valence electrons. The second-order valence-electron chi connectivity index (χ2n) is 7.73. The first-order valence-corrected chi connectivity index (χ1v) is 12.5. The van der Waals surface area contributed by atoms with Crippen LogP contribution in [0.2, 0.25) is 0 Å². The summed E-state index contributed by atoms with van der Waals surface area (Å²) in [6, 6.07) is 9.40. The SMILES string of the molecule is Cc1cc(C(=O)Nc2ccc3sc(C(=O)NCC(C)(C)S(C)=S)cc3c2)n(C)c1. The summed E-state index contributed by atoms with van der Waals surface area (Å²) >= 11 is 6.81. The fourth-order valence-electron chi connectivity index (χ4n) is 2.87. The number of aryl methyl sites for hydroxylation is 2. The highest BCUT2D eigenvalue weighted by atomic mass is 32.8. The predicted octanol–water partition coefficient (Wildman–Crippen LogP) is 4.02. The second-order valence-corrected chi connectivity index (χ2v) is 12.3. The van der Waals surface area contributed by atoms with Crippen molar-refractivity contribution in [2.24, 2.45) is 7.05 Å². The monoisotopic (exact) mass is 447 g/mol. The summed E-state index contributed by atoms with van der Waals surface area (Å²) in [7, 11) is 1.64. The van der Waals surface area contributed by atoms with Gasteiger partial charge in [0.25, 0.3) is 11.8 Å². The molecule has 1 unspecified atom stereocenters. The highest BCUT2D eigenvalue weighted by Gasteiger charge is 2.21. The van der Waals surface area contributed by atoms with Crippen molar-refractivity contribution >= 4 is 59.6 Å². The van der Waals surface area contributed by atoms with Gasteiger partial charge in [0, 0.05) is 34.9 Å². The Morgan fingerprint density at radius 3 is 2.55 bits per heavy atom. The lowest BCUT2D eigenvalue weighted by Gasteiger charge is -2.24. The molecule has 3 rings (SSSR count). The van der Waals surface area contributed by atoms with Crippen LogP contribution in [0.15, 0.2) is 36.5 Å². The summed E-state index contributed by atoms with van der Waals surface area (Å²) in [6.07, 6.45) is 3.92. The van der Waals surface area contributed by atoms with Crippen molar-refractivity contribution in [3.63, 3.8) is 0 Å². The van der Waals surface area contributed by atoms with Gasteiger partial charge in [0.2, 0.25) is 0 Å². The van der Waals surface area contributed by atoms with Crippen LogP contribution in [-0.4, -0.2) is 33.9 Å². The quantitative estimate of drug-likeness (QED) is 0.600. The number of benzene rings is 1. The topological polar surface area (TPSA) is 63.1 Å². The summed E-state index contributed by atoms with van der Waals surface area (Å²) in [5.74, 6) is -0.251. The highest BCUT2D eigenvalue weighted by molar-refractivity contribution is 8.29. The zero-order chi connectivity index (χ0) is 21.3. The molecular weight excluding hydrogens is 422 g/mol. The Morgan fingerprint density at radius 1 is 1.21 bits per heavy atom. The number of hydrogen-bond acceptors (Lipinski definition) is 4. The third kappa shape index (κ3) is 4.94. The molecular formula is C21H25N3O2S3. The lowest BCUT2D eigenvalue weighted by molar-refractivity contribution is 0.0954.